The highest BCUT2D eigenvalue weighted by Crippen LogP contribution is 2.21. The molecule has 2 N–H and O–H groups in total. The second-order valence-corrected chi connectivity index (χ2v) is 7.39. The number of thiazole rings is 1. The Kier molecular flexibility index (Phi) is 5.39. The zero-order valence-corrected chi connectivity index (χ0v) is 16.5. The van der Waals surface area contributed by atoms with Crippen molar-refractivity contribution in [2.75, 3.05) is 5.32 Å². The van der Waals surface area contributed by atoms with E-state index in [0.717, 1.165) is 16.5 Å². The van der Waals surface area contributed by atoms with Crippen molar-refractivity contribution in [3.63, 3.8) is 0 Å². The van der Waals surface area contributed by atoms with Gasteiger partial charge in [-0.3, -0.25) is 4.79 Å². The quantitative estimate of drug-likeness (QED) is 0.345. The van der Waals surface area contributed by atoms with Gasteiger partial charge in [-0.2, -0.15) is 0 Å². The van der Waals surface area contributed by atoms with Crippen LogP contribution in [0.2, 0.25) is 0 Å². The standard InChI is InChI=1S/C22H19N3O3S/c1-14(20(26)17-12-23-18-10-6-5-9-16(17)18)28-21(27)19-13-29-22(25-19)24-11-15-7-3-2-4-8-15/h2-10,12-14,23H,11H2,1H3,(H,24,25). The fourth-order valence-corrected chi connectivity index (χ4v) is 3.67. The highest BCUT2D eigenvalue weighted by Gasteiger charge is 2.24. The number of ketones is 1. The number of carbonyl (C=O) groups is 2. The van der Waals surface area contributed by atoms with E-state index in [1.54, 1.807) is 18.5 Å². The molecule has 2 aromatic carbocycles. The van der Waals surface area contributed by atoms with Gasteiger partial charge in [0.1, 0.15) is 0 Å². The van der Waals surface area contributed by atoms with Crippen molar-refractivity contribution in [2.24, 2.45) is 0 Å². The van der Waals surface area contributed by atoms with Crippen LogP contribution in [0.1, 0.15) is 33.3 Å². The Hall–Kier alpha value is -3.45. The van der Waals surface area contributed by atoms with Gasteiger partial charge in [-0.25, -0.2) is 9.78 Å². The summed E-state index contributed by atoms with van der Waals surface area (Å²) in [5.41, 5.74) is 2.67. The van der Waals surface area contributed by atoms with Crippen LogP contribution in [0.25, 0.3) is 10.9 Å². The Morgan fingerprint density at radius 1 is 1.14 bits per heavy atom. The molecule has 1 atom stereocenters. The van der Waals surface area contributed by atoms with E-state index in [0.29, 0.717) is 17.2 Å². The topological polar surface area (TPSA) is 84.1 Å². The summed E-state index contributed by atoms with van der Waals surface area (Å²) < 4.78 is 5.36. The second kappa shape index (κ2) is 8.28. The van der Waals surface area contributed by atoms with E-state index in [4.69, 9.17) is 4.74 Å². The van der Waals surface area contributed by atoms with Crippen LogP contribution in [-0.4, -0.2) is 27.8 Å². The van der Waals surface area contributed by atoms with Crippen molar-refractivity contribution in [1.82, 2.24) is 9.97 Å². The number of esters is 1. The van der Waals surface area contributed by atoms with Gasteiger partial charge in [0.15, 0.2) is 16.9 Å². The summed E-state index contributed by atoms with van der Waals surface area (Å²) in [5, 5.41) is 6.24. The van der Waals surface area contributed by atoms with E-state index in [9.17, 15) is 9.59 Å². The predicted octanol–water partition coefficient (Wildman–Crippen LogP) is 4.66. The Labute approximate surface area is 171 Å². The van der Waals surface area contributed by atoms with E-state index in [2.05, 4.69) is 15.3 Å². The number of aromatic nitrogens is 2. The third-order valence-electron chi connectivity index (χ3n) is 4.51. The molecule has 6 nitrogen and oxygen atoms in total. The van der Waals surface area contributed by atoms with Crippen molar-refractivity contribution in [3.8, 4) is 0 Å². The molecular formula is C22H19N3O3S. The molecule has 0 saturated carbocycles. The number of fused-ring (bicyclic) bond motifs is 1. The highest BCUT2D eigenvalue weighted by molar-refractivity contribution is 7.13. The Morgan fingerprint density at radius 2 is 1.90 bits per heavy atom. The molecule has 29 heavy (non-hydrogen) atoms. The van der Waals surface area contributed by atoms with E-state index in [1.807, 2.05) is 54.6 Å². The van der Waals surface area contributed by atoms with Crippen LogP contribution in [-0.2, 0) is 11.3 Å². The molecule has 4 aromatic rings. The maximum atomic E-state index is 12.7. The largest absolute Gasteiger partial charge is 0.450 e. The Morgan fingerprint density at radius 3 is 2.72 bits per heavy atom. The minimum absolute atomic E-state index is 0.184. The van der Waals surface area contributed by atoms with Crippen molar-refractivity contribution < 1.29 is 14.3 Å². The first-order valence-electron chi connectivity index (χ1n) is 9.16. The number of aromatic amines is 1. The summed E-state index contributed by atoms with van der Waals surface area (Å²) in [4.78, 5) is 32.5. The number of H-pyrrole nitrogens is 1. The summed E-state index contributed by atoms with van der Waals surface area (Å²) in [6.45, 7) is 2.18. The predicted molar refractivity (Wildman–Crippen MR) is 113 cm³/mol. The number of rotatable bonds is 7. The second-order valence-electron chi connectivity index (χ2n) is 6.54. The normalized spacial score (nSPS) is 11.9. The molecule has 1 unspecified atom stereocenters. The van der Waals surface area contributed by atoms with Gasteiger partial charge in [0.2, 0.25) is 5.78 Å². The average Bonchev–Trinajstić information content (AvgIpc) is 3.40. The lowest BCUT2D eigenvalue weighted by atomic mass is 10.1. The van der Waals surface area contributed by atoms with Gasteiger partial charge in [0.25, 0.3) is 0 Å². The van der Waals surface area contributed by atoms with Gasteiger partial charge in [-0.15, -0.1) is 11.3 Å². The molecule has 0 bridgehead atoms. The van der Waals surface area contributed by atoms with Crippen LogP contribution < -0.4 is 5.32 Å². The zero-order chi connectivity index (χ0) is 20.2. The number of anilines is 1. The number of nitrogens with zero attached hydrogens (tertiary/aromatic N) is 1. The van der Waals surface area contributed by atoms with Crippen LogP contribution >= 0.6 is 11.3 Å². The average molecular weight is 405 g/mol. The first-order valence-corrected chi connectivity index (χ1v) is 10.0. The van der Waals surface area contributed by atoms with Crippen molar-refractivity contribution in [1.29, 1.82) is 0 Å². The molecule has 0 amide bonds. The van der Waals surface area contributed by atoms with Crippen LogP contribution in [0.4, 0.5) is 5.13 Å². The van der Waals surface area contributed by atoms with Crippen LogP contribution in [0, 0.1) is 0 Å². The summed E-state index contributed by atoms with van der Waals surface area (Å²) in [6.07, 6.45) is 0.732. The zero-order valence-electron chi connectivity index (χ0n) is 15.7. The molecule has 0 fully saturated rings. The molecule has 0 aliphatic carbocycles. The first-order chi connectivity index (χ1) is 14.1. The monoisotopic (exact) mass is 405 g/mol. The van der Waals surface area contributed by atoms with Crippen LogP contribution in [0.15, 0.2) is 66.2 Å². The molecule has 2 aromatic heterocycles. The van der Waals surface area contributed by atoms with Crippen LogP contribution in [0.3, 0.4) is 0 Å². The Balaban J connectivity index is 1.38. The van der Waals surface area contributed by atoms with Crippen molar-refractivity contribution in [2.45, 2.75) is 19.6 Å². The minimum Gasteiger partial charge on any atom is -0.450 e. The van der Waals surface area contributed by atoms with Gasteiger partial charge in [0.05, 0.1) is 0 Å². The molecule has 0 saturated heterocycles. The maximum absolute atomic E-state index is 12.7. The molecule has 7 heteroatoms. The van der Waals surface area contributed by atoms with Gasteiger partial charge in [-0.1, -0.05) is 48.5 Å². The molecular weight excluding hydrogens is 386 g/mol. The van der Waals surface area contributed by atoms with E-state index < -0.39 is 12.1 Å². The Bertz CT molecular complexity index is 1150. The summed E-state index contributed by atoms with van der Waals surface area (Å²) in [5.74, 6) is -0.872. The fourth-order valence-electron chi connectivity index (χ4n) is 2.99. The number of para-hydroxylation sites is 1. The molecule has 0 radical (unpaired) electrons. The number of Topliss-reactive ketones (excluding diaryl/α,β-unsaturated/α-hetero) is 1. The van der Waals surface area contributed by atoms with Crippen molar-refractivity contribution >= 4 is 39.1 Å². The lowest BCUT2D eigenvalue weighted by Gasteiger charge is -2.10. The summed E-state index contributed by atoms with van der Waals surface area (Å²) in [7, 11) is 0. The van der Waals surface area contributed by atoms with Gasteiger partial charge >= 0.3 is 5.97 Å². The summed E-state index contributed by atoms with van der Waals surface area (Å²) in [6, 6.07) is 17.4. The van der Waals surface area contributed by atoms with E-state index >= 15 is 0 Å². The van der Waals surface area contributed by atoms with E-state index in [-0.39, 0.29) is 11.5 Å². The fraction of sp³-hybridized carbons (Fsp3) is 0.136. The first kappa shape index (κ1) is 18.9. The lowest BCUT2D eigenvalue weighted by molar-refractivity contribution is 0.0314. The molecule has 4 rings (SSSR count). The molecule has 0 spiro atoms. The highest BCUT2D eigenvalue weighted by atomic mass is 32.1. The molecule has 0 aliphatic heterocycles. The summed E-state index contributed by atoms with van der Waals surface area (Å²) >= 11 is 1.32. The van der Waals surface area contributed by atoms with E-state index in [1.165, 1.54) is 11.3 Å². The molecule has 0 aliphatic rings. The molecule has 2 heterocycles. The number of hydrogen-bond acceptors (Lipinski definition) is 6. The minimum atomic E-state index is -0.913. The van der Waals surface area contributed by atoms with Gasteiger partial charge in [0, 0.05) is 34.6 Å². The van der Waals surface area contributed by atoms with Gasteiger partial charge < -0.3 is 15.0 Å². The smallest absolute Gasteiger partial charge is 0.358 e. The number of ether oxygens (including phenoxy) is 1. The third kappa shape index (κ3) is 4.20. The maximum Gasteiger partial charge on any atom is 0.358 e. The number of carbonyl (C=O) groups excluding carboxylic acids is 2. The SMILES string of the molecule is CC(OC(=O)c1csc(NCc2ccccc2)n1)C(=O)c1c[nH]c2ccccc12. The third-order valence-corrected chi connectivity index (χ3v) is 5.31. The lowest BCUT2D eigenvalue weighted by Crippen LogP contribution is -2.24. The number of nitrogens with one attached hydrogen (secondary N) is 2. The van der Waals surface area contributed by atoms with Crippen LogP contribution in [0.5, 0.6) is 0 Å². The van der Waals surface area contributed by atoms with Gasteiger partial charge in [-0.05, 0) is 18.6 Å². The molecule has 146 valence electrons. The number of hydrogen-bond donors (Lipinski definition) is 2. The van der Waals surface area contributed by atoms with Crippen molar-refractivity contribution in [3.05, 3.63) is 83.0 Å². The number of benzene rings is 2.